The Morgan fingerprint density at radius 1 is 1.18 bits per heavy atom. The molecule has 0 aliphatic rings. The minimum atomic E-state index is -0.211. The highest BCUT2D eigenvalue weighted by Gasteiger charge is 2.06. The smallest absolute Gasteiger partial charge is 0.254 e. The van der Waals surface area contributed by atoms with Gasteiger partial charge in [0.15, 0.2) is 0 Å². The lowest BCUT2D eigenvalue weighted by atomic mass is 10.3. The second kappa shape index (κ2) is 8.19. The van der Waals surface area contributed by atoms with Gasteiger partial charge in [0.05, 0.1) is 18.7 Å². The molecule has 116 valence electrons. The van der Waals surface area contributed by atoms with Crippen molar-refractivity contribution in [3.05, 3.63) is 52.8 Å². The Balaban J connectivity index is 1.76. The Bertz CT molecular complexity index is 668. The summed E-state index contributed by atoms with van der Waals surface area (Å²) in [4.78, 5) is 14.7. The number of ether oxygens (including phenoxy) is 2. The van der Waals surface area contributed by atoms with E-state index in [1.807, 2.05) is 31.2 Å². The molecule has 2 rings (SSSR count). The van der Waals surface area contributed by atoms with E-state index in [1.165, 1.54) is 0 Å². The maximum atomic E-state index is 11.9. The third-order valence-electron chi connectivity index (χ3n) is 2.85. The van der Waals surface area contributed by atoms with E-state index in [0.29, 0.717) is 30.0 Å². The minimum Gasteiger partial charge on any atom is -0.494 e. The molecular weight excluding hydrogens is 300 g/mol. The minimum absolute atomic E-state index is 0.211. The highest BCUT2D eigenvalue weighted by molar-refractivity contribution is 7.71. The SMILES string of the molecule is CCOc1ccc(OCCNC(=O)c2ccc[nH]c2=S)cc1. The van der Waals surface area contributed by atoms with Crippen LogP contribution in [-0.2, 0) is 0 Å². The Kier molecular flexibility index (Phi) is 5.97. The molecule has 0 aliphatic carbocycles. The summed E-state index contributed by atoms with van der Waals surface area (Å²) in [6.07, 6.45) is 1.69. The van der Waals surface area contributed by atoms with Crippen LogP contribution in [0.2, 0.25) is 0 Å². The molecule has 0 radical (unpaired) electrons. The highest BCUT2D eigenvalue weighted by Crippen LogP contribution is 2.17. The molecule has 0 aliphatic heterocycles. The maximum absolute atomic E-state index is 11.9. The van der Waals surface area contributed by atoms with Gasteiger partial charge in [-0.25, -0.2) is 0 Å². The number of benzene rings is 1. The van der Waals surface area contributed by atoms with Crippen LogP contribution in [0.3, 0.4) is 0 Å². The number of nitrogens with one attached hydrogen (secondary N) is 2. The number of carbonyl (C=O) groups excluding carboxylic acids is 1. The molecule has 0 unspecified atom stereocenters. The number of aromatic nitrogens is 1. The van der Waals surface area contributed by atoms with Crippen LogP contribution < -0.4 is 14.8 Å². The van der Waals surface area contributed by atoms with Crippen LogP contribution in [-0.4, -0.2) is 30.6 Å². The Morgan fingerprint density at radius 3 is 2.50 bits per heavy atom. The van der Waals surface area contributed by atoms with Crippen LogP contribution in [0.15, 0.2) is 42.6 Å². The summed E-state index contributed by atoms with van der Waals surface area (Å²) in [6.45, 7) is 3.35. The van der Waals surface area contributed by atoms with Crippen LogP contribution >= 0.6 is 12.2 Å². The van der Waals surface area contributed by atoms with Gasteiger partial charge < -0.3 is 19.8 Å². The Hall–Kier alpha value is -2.34. The monoisotopic (exact) mass is 318 g/mol. The first-order chi connectivity index (χ1) is 10.7. The topological polar surface area (TPSA) is 63.4 Å². The van der Waals surface area contributed by atoms with Gasteiger partial charge in [0.1, 0.15) is 22.7 Å². The van der Waals surface area contributed by atoms with Crippen molar-refractivity contribution in [2.75, 3.05) is 19.8 Å². The molecule has 0 spiro atoms. The van der Waals surface area contributed by atoms with Gasteiger partial charge >= 0.3 is 0 Å². The number of pyridine rings is 1. The van der Waals surface area contributed by atoms with Crippen LogP contribution in [0.1, 0.15) is 17.3 Å². The van der Waals surface area contributed by atoms with E-state index in [9.17, 15) is 4.79 Å². The molecule has 0 bridgehead atoms. The molecule has 1 amide bonds. The third kappa shape index (κ3) is 4.60. The van der Waals surface area contributed by atoms with Crippen molar-refractivity contribution in [2.45, 2.75) is 6.92 Å². The zero-order valence-electron chi connectivity index (χ0n) is 12.3. The lowest BCUT2D eigenvalue weighted by Crippen LogP contribution is -2.28. The van der Waals surface area contributed by atoms with Gasteiger partial charge in [-0.05, 0) is 43.3 Å². The number of hydrogen-bond acceptors (Lipinski definition) is 4. The van der Waals surface area contributed by atoms with Gasteiger partial charge in [-0.1, -0.05) is 12.2 Å². The molecule has 2 N–H and O–H groups in total. The second-order valence-electron chi connectivity index (χ2n) is 4.42. The van der Waals surface area contributed by atoms with Crippen LogP contribution in [0.5, 0.6) is 11.5 Å². The van der Waals surface area contributed by atoms with Crippen LogP contribution in [0, 0.1) is 4.64 Å². The molecule has 5 nitrogen and oxygen atoms in total. The van der Waals surface area contributed by atoms with E-state index in [2.05, 4.69) is 10.3 Å². The summed E-state index contributed by atoms with van der Waals surface area (Å²) < 4.78 is 11.3. The summed E-state index contributed by atoms with van der Waals surface area (Å²) in [5.41, 5.74) is 0.457. The first-order valence-electron chi connectivity index (χ1n) is 7.02. The first-order valence-corrected chi connectivity index (χ1v) is 7.43. The number of aromatic amines is 1. The predicted molar refractivity (Wildman–Crippen MR) is 87.1 cm³/mol. The van der Waals surface area contributed by atoms with E-state index >= 15 is 0 Å². The molecule has 0 saturated heterocycles. The van der Waals surface area contributed by atoms with Gasteiger partial charge in [0.2, 0.25) is 0 Å². The summed E-state index contributed by atoms with van der Waals surface area (Å²) in [5.74, 6) is 1.33. The molecule has 1 aromatic heterocycles. The molecule has 1 aromatic carbocycles. The second-order valence-corrected chi connectivity index (χ2v) is 4.83. The molecule has 1 heterocycles. The van der Waals surface area contributed by atoms with E-state index in [-0.39, 0.29) is 5.91 Å². The molecule has 0 fully saturated rings. The van der Waals surface area contributed by atoms with Crippen molar-refractivity contribution in [3.63, 3.8) is 0 Å². The van der Waals surface area contributed by atoms with Crippen molar-refractivity contribution in [2.24, 2.45) is 0 Å². The third-order valence-corrected chi connectivity index (χ3v) is 3.19. The van der Waals surface area contributed by atoms with E-state index in [0.717, 1.165) is 11.5 Å². The standard InChI is InChI=1S/C16H18N2O3S/c1-2-20-12-5-7-13(8-6-12)21-11-10-17-15(19)14-4-3-9-18-16(14)22/h3-9H,2,10-11H2,1H3,(H,17,19)(H,18,22). The summed E-state index contributed by atoms with van der Waals surface area (Å²) >= 11 is 5.06. The lowest BCUT2D eigenvalue weighted by molar-refractivity contribution is 0.0946. The molecule has 6 heteroatoms. The molecule has 22 heavy (non-hydrogen) atoms. The lowest BCUT2D eigenvalue weighted by Gasteiger charge is -2.09. The fraction of sp³-hybridized carbons (Fsp3) is 0.250. The average molecular weight is 318 g/mol. The normalized spacial score (nSPS) is 10.0. The molecule has 2 aromatic rings. The predicted octanol–water partition coefficient (Wildman–Crippen LogP) is 2.95. The van der Waals surface area contributed by atoms with Crippen molar-refractivity contribution in [1.29, 1.82) is 0 Å². The quantitative estimate of drug-likeness (QED) is 0.608. The zero-order chi connectivity index (χ0) is 15.8. The van der Waals surface area contributed by atoms with E-state index in [1.54, 1.807) is 18.3 Å². The number of hydrogen-bond donors (Lipinski definition) is 2. The number of rotatable bonds is 7. The van der Waals surface area contributed by atoms with E-state index in [4.69, 9.17) is 21.7 Å². The summed E-state index contributed by atoms with van der Waals surface area (Å²) in [5, 5.41) is 2.77. The van der Waals surface area contributed by atoms with Gasteiger partial charge in [-0.2, -0.15) is 0 Å². The van der Waals surface area contributed by atoms with Gasteiger partial charge in [0.25, 0.3) is 5.91 Å². The molecule has 0 saturated carbocycles. The number of carbonyl (C=O) groups is 1. The Morgan fingerprint density at radius 2 is 1.86 bits per heavy atom. The average Bonchev–Trinajstić information content (AvgIpc) is 2.53. The van der Waals surface area contributed by atoms with Crippen molar-refractivity contribution < 1.29 is 14.3 Å². The van der Waals surface area contributed by atoms with Crippen molar-refractivity contribution in [1.82, 2.24) is 10.3 Å². The first kappa shape index (κ1) is 16.0. The fourth-order valence-corrected chi connectivity index (χ4v) is 2.06. The summed E-state index contributed by atoms with van der Waals surface area (Å²) in [7, 11) is 0. The van der Waals surface area contributed by atoms with Crippen molar-refractivity contribution in [3.8, 4) is 11.5 Å². The van der Waals surface area contributed by atoms with Gasteiger partial charge in [-0.15, -0.1) is 0 Å². The van der Waals surface area contributed by atoms with Gasteiger partial charge in [0, 0.05) is 6.20 Å². The van der Waals surface area contributed by atoms with Crippen LogP contribution in [0.4, 0.5) is 0 Å². The largest absolute Gasteiger partial charge is 0.494 e. The van der Waals surface area contributed by atoms with Crippen LogP contribution in [0.25, 0.3) is 0 Å². The molecule has 0 atom stereocenters. The highest BCUT2D eigenvalue weighted by atomic mass is 32.1. The number of H-pyrrole nitrogens is 1. The maximum Gasteiger partial charge on any atom is 0.254 e. The molecular formula is C16H18N2O3S. The van der Waals surface area contributed by atoms with E-state index < -0.39 is 0 Å². The zero-order valence-corrected chi connectivity index (χ0v) is 13.1. The fourth-order valence-electron chi connectivity index (χ4n) is 1.83. The van der Waals surface area contributed by atoms with Gasteiger partial charge in [-0.3, -0.25) is 4.79 Å². The number of amides is 1. The Labute approximate surface area is 134 Å². The van der Waals surface area contributed by atoms with Crippen molar-refractivity contribution >= 4 is 18.1 Å². The summed E-state index contributed by atoms with van der Waals surface area (Å²) in [6, 6.07) is 10.8.